The number of amides is 2. The van der Waals surface area contributed by atoms with E-state index in [0.717, 1.165) is 41.4 Å². The summed E-state index contributed by atoms with van der Waals surface area (Å²) in [5.41, 5.74) is 4.15. The topological polar surface area (TPSA) is 86.8 Å². The van der Waals surface area contributed by atoms with Crippen LogP contribution in [0, 0.1) is 6.92 Å². The number of benzene rings is 3. The van der Waals surface area contributed by atoms with E-state index in [1.54, 1.807) is 12.1 Å². The minimum atomic E-state index is -3.82. The zero-order valence-corrected chi connectivity index (χ0v) is 25.7. The lowest BCUT2D eigenvalue weighted by molar-refractivity contribution is -0.140. The molecular formula is C33H43N3O4S. The number of rotatable bonds is 14. The summed E-state index contributed by atoms with van der Waals surface area (Å²) in [6, 6.07) is 23.8. The molecule has 8 heteroatoms. The lowest BCUT2D eigenvalue weighted by Gasteiger charge is -2.34. The van der Waals surface area contributed by atoms with Crippen molar-refractivity contribution in [3.63, 3.8) is 0 Å². The molecule has 7 nitrogen and oxygen atoms in total. The summed E-state index contributed by atoms with van der Waals surface area (Å²) in [5.74, 6) is -0.651. The summed E-state index contributed by atoms with van der Waals surface area (Å²) in [6.45, 7) is 8.27. The van der Waals surface area contributed by atoms with Crippen molar-refractivity contribution in [2.45, 2.75) is 65.5 Å². The van der Waals surface area contributed by atoms with Crippen LogP contribution in [0.1, 0.15) is 61.8 Å². The lowest BCUT2D eigenvalue weighted by atomic mass is 10.0. The van der Waals surface area contributed by atoms with Gasteiger partial charge < -0.3 is 10.2 Å². The van der Waals surface area contributed by atoms with Gasteiger partial charge in [-0.25, -0.2) is 8.42 Å². The monoisotopic (exact) mass is 577 g/mol. The summed E-state index contributed by atoms with van der Waals surface area (Å²) in [5, 5.41) is 3.01. The molecular weight excluding hydrogens is 534 g/mol. The van der Waals surface area contributed by atoms with E-state index in [9.17, 15) is 18.0 Å². The Kier molecular flexibility index (Phi) is 11.5. The zero-order chi connectivity index (χ0) is 30.0. The Morgan fingerprint density at radius 2 is 1.51 bits per heavy atom. The van der Waals surface area contributed by atoms with Gasteiger partial charge in [0.15, 0.2) is 0 Å². The fourth-order valence-corrected chi connectivity index (χ4v) is 5.62. The van der Waals surface area contributed by atoms with Crippen LogP contribution in [0.2, 0.25) is 0 Å². The van der Waals surface area contributed by atoms with Gasteiger partial charge in [0.05, 0.1) is 11.9 Å². The highest BCUT2D eigenvalue weighted by molar-refractivity contribution is 7.92. The van der Waals surface area contributed by atoms with Gasteiger partial charge in [-0.2, -0.15) is 0 Å². The number of hydrogen-bond acceptors (Lipinski definition) is 4. The molecule has 0 heterocycles. The van der Waals surface area contributed by atoms with E-state index in [1.165, 1.54) is 9.21 Å². The largest absolute Gasteiger partial charge is 0.354 e. The first-order chi connectivity index (χ1) is 19.5. The molecule has 0 aliphatic rings. The third-order valence-corrected chi connectivity index (χ3v) is 8.21. The first-order valence-corrected chi connectivity index (χ1v) is 16.1. The molecule has 0 saturated carbocycles. The molecule has 0 aliphatic carbocycles. The van der Waals surface area contributed by atoms with E-state index in [1.807, 2.05) is 87.5 Å². The fourth-order valence-electron chi connectivity index (χ4n) is 4.75. The lowest BCUT2D eigenvalue weighted by Crippen LogP contribution is -2.53. The second kappa shape index (κ2) is 14.8. The number of nitrogens with zero attached hydrogens (tertiary/aromatic N) is 2. The number of sulfonamides is 1. The average Bonchev–Trinajstić information content (AvgIpc) is 2.94. The number of nitrogens with one attached hydrogen (secondary N) is 1. The van der Waals surface area contributed by atoms with Crippen molar-refractivity contribution < 1.29 is 18.0 Å². The van der Waals surface area contributed by atoms with Gasteiger partial charge in [-0.15, -0.1) is 0 Å². The van der Waals surface area contributed by atoms with Crippen molar-refractivity contribution in [1.82, 2.24) is 10.2 Å². The first-order valence-electron chi connectivity index (χ1n) is 14.2. The quantitative estimate of drug-likeness (QED) is 0.259. The summed E-state index contributed by atoms with van der Waals surface area (Å²) in [6.07, 6.45) is 3.16. The highest BCUT2D eigenvalue weighted by Gasteiger charge is 2.33. The highest BCUT2D eigenvalue weighted by Crippen LogP contribution is 2.29. The van der Waals surface area contributed by atoms with Crippen LogP contribution < -0.4 is 9.62 Å². The van der Waals surface area contributed by atoms with Crippen LogP contribution in [0.4, 0.5) is 5.69 Å². The molecule has 0 radical (unpaired) electrons. The van der Waals surface area contributed by atoms with Crippen molar-refractivity contribution in [3.05, 3.63) is 101 Å². The predicted octanol–water partition coefficient (Wildman–Crippen LogP) is 5.44. The van der Waals surface area contributed by atoms with Gasteiger partial charge >= 0.3 is 0 Å². The Bertz CT molecular complexity index is 1390. The average molecular weight is 578 g/mol. The van der Waals surface area contributed by atoms with E-state index < -0.39 is 28.5 Å². The number of hydrogen-bond donors (Lipinski definition) is 1. The molecule has 41 heavy (non-hydrogen) atoms. The van der Waals surface area contributed by atoms with Crippen molar-refractivity contribution in [2.24, 2.45) is 0 Å². The molecule has 0 spiro atoms. The Balaban J connectivity index is 2.06. The predicted molar refractivity (Wildman–Crippen MR) is 166 cm³/mol. The van der Waals surface area contributed by atoms with Crippen molar-refractivity contribution in [2.75, 3.05) is 23.7 Å². The molecule has 1 atom stereocenters. The van der Waals surface area contributed by atoms with Gasteiger partial charge in [-0.1, -0.05) is 106 Å². The Hall–Kier alpha value is -3.65. The van der Waals surface area contributed by atoms with Gasteiger partial charge in [0.1, 0.15) is 12.6 Å². The maximum atomic E-state index is 14.2. The van der Waals surface area contributed by atoms with Gasteiger partial charge in [-0.3, -0.25) is 13.9 Å². The van der Waals surface area contributed by atoms with Crippen LogP contribution in [0.3, 0.4) is 0 Å². The minimum absolute atomic E-state index is 0.0457. The van der Waals surface area contributed by atoms with Crippen LogP contribution in [-0.2, 0) is 32.6 Å². The number of carbonyl (C=O) groups excluding carboxylic acids is 2. The molecule has 1 N–H and O–H groups in total. The first kappa shape index (κ1) is 31.9. The smallest absolute Gasteiger partial charge is 0.244 e. The van der Waals surface area contributed by atoms with E-state index >= 15 is 0 Å². The second-order valence-electron chi connectivity index (χ2n) is 10.8. The summed E-state index contributed by atoms with van der Waals surface area (Å²) in [7, 11) is -3.82. The van der Waals surface area contributed by atoms with Gasteiger partial charge in [0, 0.05) is 19.5 Å². The van der Waals surface area contributed by atoms with E-state index in [4.69, 9.17) is 0 Å². The summed E-state index contributed by atoms with van der Waals surface area (Å²) >= 11 is 0. The molecule has 0 aromatic heterocycles. The number of para-hydroxylation sites is 1. The van der Waals surface area contributed by atoms with Crippen molar-refractivity contribution in [3.8, 4) is 0 Å². The summed E-state index contributed by atoms with van der Waals surface area (Å²) in [4.78, 5) is 29.4. The van der Waals surface area contributed by atoms with E-state index in [2.05, 4.69) is 12.2 Å². The van der Waals surface area contributed by atoms with Crippen LogP contribution in [0.25, 0.3) is 0 Å². The Morgan fingerprint density at radius 3 is 2.12 bits per heavy atom. The van der Waals surface area contributed by atoms with Crippen LogP contribution in [0.5, 0.6) is 0 Å². The van der Waals surface area contributed by atoms with E-state index in [-0.39, 0.29) is 18.4 Å². The third kappa shape index (κ3) is 9.18. The van der Waals surface area contributed by atoms with Crippen molar-refractivity contribution >= 4 is 27.5 Å². The molecule has 220 valence electrons. The Morgan fingerprint density at radius 1 is 0.878 bits per heavy atom. The van der Waals surface area contributed by atoms with E-state index in [0.29, 0.717) is 18.7 Å². The molecule has 3 aromatic rings. The van der Waals surface area contributed by atoms with Gasteiger partial charge in [0.25, 0.3) is 0 Å². The van der Waals surface area contributed by atoms with Crippen LogP contribution in [-0.4, -0.2) is 50.5 Å². The van der Waals surface area contributed by atoms with Crippen LogP contribution >= 0.6 is 0 Å². The maximum Gasteiger partial charge on any atom is 0.244 e. The molecule has 0 bridgehead atoms. The molecule has 0 fully saturated rings. The van der Waals surface area contributed by atoms with Gasteiger partial charge in [0.2, 0.25) is 21.8 Å². The molecule has 0 aliphatic heterocycles. The molecule has 0 saturated heterocycles. The number of aryl methyl sites for hydroxylation is 1. The Labute approximate surface area is 245 Å². The molecule has 0 unspecified atom stereocenters. The SMILES string of the molecule is CCCCNC(=O)[C@H](Cc1ccccc1)N(Cc1ccc(C)cc1)C(=O)CN(c1ccccc1C(C)C)S(C)(=O)=O. The molecule has 3 rings (SSSR count). The van der Waals surface area contributed by atoms with Gasteiger partial charge in [-0.05, 0) is 42.0 Å². The highest BCUT2D eigenvalue weighted by atomic mass is 32.2. The fraction of sp³-hybridized carbons (Fsp3) is 0.394. The standard InChI is InChI=1S/C33H43N3O4S/c1-6-7-21-34-33(38)31(22-27-13-9-8-10-14-27)35(23-28-19-17-26(4)18-20-28)32(37)24-36(41(5,39)40)30-16-12-11-15-29(30)25(2)3/h8-20,25,31H,6-7,21-24H2,1-5H3,(H,34,38)/t31-/m0/s1. The number of anilines is 1. The molecule has 3 aromatic carbocycles. The third-order valence-electron chi connectivity index (χ3n) is 7.08. The molecule has 2 amide bonds. The normalized spacial score (nSPS) is 12.1. The number of carbonyl (C=O) groups is 2. The minimum Gasteiger partial charge on any atom is -0.354 e. The maximum absolute atomic E-state index is 14.2. The van der Waals surface area contributed by atoms with Crippen LogP contribution in [0.15, 0.2) is 78.9 Å². The zero-order valence-electron chi connectivity index (χ0n) is 24.8. The second-order valence-corrected chi connectivity index (χ2v) is 12.7. The van der Waals surface area contributed by atoms with Crippen molar-refractivity contribution in [1.29, 1.82) is 0 Å². The summed E-state index contributed by atoms with van der Waals surface area (Å²) < 4.78 is 27.4. The number of unbranched alkanes of at least 4 members (excludes halogenated alkanes) is 1.